The average molecular weight is 302 g/mol. The van der Waals surface area contributed by atoms with Gasteiger partial charge in [0.1, 0.15) is 5.75 Å². The number of benzene rings is 1. The van der Waals surface area contributed by atoms with E-state index < -0.39 is 5.97 Å². The van der Waals surface area contributed by atoms with Gasteiger partial charge in [0.25, 0.3) is 5.91 Å². The van der Waals surface area contributed by atoms with Crippen LogP contribution in [0.25, 0.3) is 0 Å². The van der Waals surface area contributed by atoms with Gasteiger partial charge in [0.15, 0.2) is 6.61 Å². The predicted octanol–water partition coefficient (Wildman–Crippen LogP) is 1.61. The van der Waals surface area contributed by atoms with Gasteiger partial charge in [0.2, 0.25) is 0 Å². The van der Waals surface area contributed by atoms with E-state index in [1.54, 1.807) is 14.1 Å². The molecule has 92 valence electrons. The van der Waals surface area contributed by atoms with Crippen LogP contribution >= 0.6 is 15.9 Å². The summed E-state index contributed by atoms with van der Waals surface area (Å²) in [6.45, 7) is -0.0853. The maximum atomic E-state index is 11.3. The summed E-state index contributed by atoms with van der Waals surface area (Å²) in [7, 11) is 3.27. The molecule has 0 spiro atoms. The minimum Gasteiger partial charge on any atom is -0.483 e. The van der Waals surface area contributed by atoms with Gasteiger partial charge < -0.3 is 14.7 Å². The van der Waals surface area contributed by atoms with Crippen LogP contribution in [-0.4, -0.2) is 42.6 Å². The molecule has 0 unspecified atom stereocenters. The number of hydrogen-bond acceptors (Lipinski definition) is 3. The largest absolute Gasteiger partial charge is 0.483 e. The molecule has 0 saturated heterocycles. The summed E-state index contributed by atoms with van der Waals surface area (Å²) in [6, 6.07) is 4.36. The molecular weight excluding hydrogens is 290 g/mol. The lowest BCUT2D eigenvalue weighted by Crippen LogP contribution is -2.27. The molecule has 1 aromatic rings. The normalized spacial score (nSPS) is 9.82. The molecule has 6 heteroatoms. The Morgan fingerprint density at radius 2 is 2.06 bits per heavy atom. The lowest BCUT2D eigenvalue weighted by molar-refractivity contribution is -0.130. The van der Waals surface area contributed by atoms with E-state index in [1.807, 2.05) is 0 Å². The molecule has 0 aliphatic carbocycles. The van der Waals surface area contributed by atoms with Crippen molar-refractivity contribution >= 4 is 27.8 Å². The van der Waals surface area contributed by atoms with Crippen molar-refractivity contribution in [3.8, 4) is 5.75 Å². The van der Waals surface area contributed by atoms with E-state index in [0.29, 0.717) is 10.2 Å². The molecule has 0 aliphatic heterocycles. The summed E-state index contributed by atoms with van der Waals surface area (Å²) >= 11 is 3.19. The van der Waals surface area contributed by atoms with Crippen molar-refractivity contribution in [1.82, 2.24) is 4.90 Å². The second-order valence-electron chi connectivity index (χ2n) is 3.53. The van der Waals surface area contributed by atoms with E-state index in [2.05, 4.69) is 15.9 Å². The molecule has 0 heterocycles. The van der Waals surface area contributed by atoms with Crippen LogP contribution in [0.1, 0.15) is 10.4 Å². The van der Waals surface area contributed by atoms with Gasteiger partial charge in [-0.15, -0.1) is 0 Å². The van der Waals surface area contributed by atoms with Crippen molar-refractivity contribution in [2.45, 2.75) is 0 Å². The number of carboxylic acids is 1. The van der Waals surface area contributed by atoms with Crippen molar-refractivity contribution in [3.05, 3.63) is 28.2 Å². The van der Waals surface area contributed by atoms with Crippen molar-refractivity contribution in [2.75, 3.05) is 20.7 Å². The third-order valence-corrected chi connectivity index (χ3v) is 2.65. The molecule has 1 amide bonds. The van der Waals surface area contributed by atoms with Crippen LogP contribution in [-0.2, 0) is 4.79 Å². The fourth-order valence-electron chi connectivity index (χ4n) is 1.02. The van der Waals surface area contributed by atoms with Gasteiger partial charge in [-0.2, -0.15) is 0 Å². The van der Waals surface area contributed by atoms with Crippen LogP contribution < -0.4 is 4.74 Å². The Kier molecular flexibility index (Phi) is 4.51. The van der Waals surface area contributed by atoms with Gasteiger partial charge >= 0.3 is 5.97 Å². The Bertz CT molecular complexity index is 445. The second kappa shape index (κ2) is 5.67. The first-order chi connectivity index (χ1) is 7.91. The van der Waals surface area contributed by atoms with Gasteiger partial charge in [-0.05, 0) is 34.1 Å². The molecule has 0 bridgehead atoms. The van der Waals surface area contributed by atoms with E-state index in [9.17, 15) is 9.59 Å². The zero-order valence-corrected chi connectivity index (χ0v) is 11.0. The zero-order valence-electron chi connectivity index (χ0n) is 9.44. The number of carbonyl (C=O) groups excluding carboxylic acids is 1. The van der Waals surface area contributed by atoms with Crippen molar-refractivity contribution in [2.24, 2.45) is 0 Å². The first-order valence-electron chi connectivity index (χ1n) is 4.77. The third kappa shape index (κ3) is 3.74. The van der Waals surface area contributed by atoms with Crippen LogP contribution in [0, 0.1) is 0 Å². The van der Waals surface area contributed by atoms with E-state index >= 15 is 0 Å². The minimum absolute atomic E-state index is 0.0853. The number of likely N-dealkylation sites (N-methyl/N-ethyl adjacent to an activating group) is 1. The van der Waals surface area contributed by atoms with Crippen molar-refractivity contribution in [3.63, 3.8) is 0 Å². The number of carbonyl (C=O) groups is 2. The molecule has 17 heavy (non-hydrogen) atoms. The van der Waals surface area contributed by atoms with E-state index in [0.717, 1.165) is 0 Å². The predicted molar refractivity (Wildman–Crippen MR) is 65.3 cm³/mol. The van der Waals surface area contributed by atoms with Crippen LogP contribution in [0.2, 0.25) is 0 Å². The molecule has 1 aromatic carbocycles. The van der Waals surface area contributed by atoms with Gasteiger partial charge in [-0.1, -0.05) is 0 Å². The maximum absolute atomic E-state index is 11.3. The van der Waals surface area contributed by atoms with Gasteiger partial charge in [-0.25, -0.2) is 4.79 Å². The summed E-state index contributed by atoms with van der Waals surface area (Å²) in [5, 5.41) is 8.77. The molecule has 1 N–H and O–H groups in total. The maximum Gasteiger partial charge on any atom is 0.335 e. The molecule has 1 rings (SSSR count). The third-order valence-electron chi connectivity index (χ3n) is 2.03. The summed E-state index contributed by atoms with van der Waals surface area (Å²) in [4.78, 5) is 23.4. The fourth-order valence-corrected chi connectivity index (χ4v) is 1.51. The lowest BCUT2D eigenvalue weighted by Gasteiger charge is -2.12. The van der Waals surface area contributed by atoms with E-state index in [4.69, 9.17) is 9.84 Å². The highest BCUT2D eigenvalue weighted by Gasteiger charge is 2.10. The van der Waals surface area contributed by atoms with Crippen LogP contribution in [0.4, 0.5) is 0 Å². The molecule has 0 atom stereocenters. The van der Waals surface area contributed by atoms with Crippen molar-refractivity contribution in [1.29, 1.82) is 0 Å². The highest BCUT2D eigenvalue weighted by Crippen LogP contribution is 2.26. The molecule has 5 nitrogen and oxygen atoms in total. The first kappa shape index (κ1) is 13.5. The minimum atomic E-state index is -1.01. The molecule has 0 fully saturated rings. The number of hydrogen-bond donors (Lipinski definition) is 1. The summed E-state index contributed by atoms with van der Waals surface area (Å²) in [5.74, 6) is -0.744. The quantitative estimate of drug-likeness (QED) is 0.917. The number of aromatic carboxylic acids is 1. The number of amides is 1. The molecule has 0 aromatic heterocycles. The number of ether oxygens (including phenoxy) is 1. The lowest BCUT2D eigenvalue weighted by atomic mass is 10.2. The Labute approximate surface area is 107 Å². The van der Waals surface area contributed by atoms with Gasteiger partial charge in [0, 0.05) is 14.1 Å². The SMILES string of the molecule is CN(C)C(=O)COc1ccc(C(=O)O)cc1Br. The van der Waals surface area contributed by atoms with Crippen LogP contribution in [0.3, 0.4) is 0 Å². The Morgan fingerprint density at radius 3 is 2.53 bits per heavy atom. The molecular formula is C11H12BrNO4. The molecule has 0 aliphatic rings. The standard InChI is InChI=1S/C11H12BrNO4/c1-13(2)10(14)6-17-9-4-3-7(11(15)16)5-8(9)12/h3-5H,6H2,1-2H3,(H,15,16). The van der Waals surface area contributed by atoms with Crippen LogP contribution in [0.5, 0.6) is 5.75 Å². The fraction of sp³-hybridized carbons (Fsp3) is 0.273. The average Bonchev–Trinajstić information content (AvgIpc) is 2.26. The smallest absolute Gasteiger partial charge is 0.335 e. The molecule has 0 radical (unpaired) electrons. The topological polar surface area (TPSA) is 66.8 Å². The number of rotatable bonds is 4. The summed E-state index contributed by atoms with van der Waals surface area (Å²) < 4.78 is 5.77. The summed E-state index contributed by atoms with van der Waals surface area (Å²) in [6.07, 6.45) is 0. The first-order valence-corrected chi connectivity index (χ1v) is 5.57. The highest BCUT2D eigenvalue weighted by atomic mass is 79.9. The number of halogens is 1. The Morgan fingerprint density at radius 1 is 1.41 bits per heavy atom. The Balaban J connectivity index is 2.73. The number of carboxylic acid groups (broad SMARTS) is 1. The zero-order chi connectivity index (χ0) is 13.0. The van der Waals surface area contributed by atoms with Gasteiger partial charge in [0.05, 0.1) is 10.0 Å². The highest BCUT2D eigenvalue weighted by molar-refractivity contribution is 9.10. The van der Waals surface area contributed by atoms with E-state index in [1.165, 1.54) is 23.1 Å². The summed E-state index contributed by atoms with van der Waals surface area (Å²) in [5.41, 5.74) is 0.156. The second-order valence-corrected chi connectivity index (χ2v) is 4.38. The van der Waals surface area contributed by atoms with Crippen molar-refractivity contribution < 1.29 is 19.4 Å². The van der Waals surface area contributed by atoms with Gasteiger partial charge in [-0.3, -0.25) is 4.79 Å². The monoisotopic (exact) mass is 301 g/mol. The number of nitrogens with zero attached hydrogens (tertiary/aromatic N) is 1. The van der Waals surface area contributed by atoms with E-state index in [-0.39, 0.29) is 18.1 Å². The molecule has 0 saturated carbocycles. The Hall–Kier alpha value is -1.56. The van der Waals surface area contributed by atoms with Crippen LogP contribution in [0.15, 0.2) is 22.7 Å².